The molecule has 1 heterocycles. The first-order valence-electron chi connectivity index (χ1n) is 7.59. The lowest BCUT2D eigenvalue weighted by molar-refractivity contribution is -0.173. The second-order valence-corrected chi connectivity index (χ2v) is 7.93. The molecule has 0 spiro atoms. The van der Waals surface area contributed by atoms with Crippen LogP contribution in [0.4, 0.5) is 17.6 Å². The largest absolute Gasteiger partial charge is 0.409 e. The maximum absolute atomic E-state index is 14.2. The lowest BCUT2D eigenvalue weighted by atomic mass is 10.1. The van der Waals surface area contributed by atoms with Gasteiger partial charge in [-0.15, -0.1) is 0 Å². The zero-order chi connectivity index (χ0) is 20.6. The van der Waals surface area contributed by atoms with Gasteiger partial charge < -0.3 is 4.57 Å². The Morgan fingerprint density at radius 2 is 1.78 bits per heavy atom. The monoisotopic (exact) mass is 426 g/mol. The van der Waals surface area contributed by atoms with Gasteiger partial charge in [0.05, 0.1) is 0 Å². The number of sulfonamides is 1. The molecule has 27 heavy (non-hydrogen) atoms. The Morgan fingerprint density at radius 3 is 2.26 bits per heavy atom. The summed E-state index contributed by atoms with van der Waals surface area (Å²) in [6.07, 6.45) is -4.39. The van der Waals surface area contributed by atoms with E-state index in [1.807, 2.05) is 0 Å². The van der Waals surface area contributed by atoms with Gasteiger partial charge in [0.2, 0.25) is 10.0 Å². The van der Waals surface area contributed by atoms with E-state index < -0.39 is 45.1 Å². The maximum atomic E-state index is 14.2. The molecule has 11 heteroatoms. The fraction of sp³-hybridized carbons (Fsp3) is 0.312. The molecule has 0 amide bonds. The first-order valence-corrected chi connectivity index (χ1v) is 9.41. The van der Waals surface area contributed by atoms with Gasteiger partial charge in [0.1, 0.15) is 10.9 Å². The lowest BCUT2D eigenvalue weighted by Gasteiger charge is -2.31. The Kier molecular flexibility index (Phi) is 6.03. The van der Waals surface area contributed by atoms with Crippen molar-refractivity contribution >= 4 is 21.6 Å². The van der Waals surface area contributed by atoms with Crippen LogP contribution >= 0.6 is 11.6 Å². The van der Waals surface area contributed by atoms with Crippen molar-refractivity contribution in [3.63, 3.8) is 0 Å². The highest BCUT2D eigenvalue weighted by molar-refractivity contribution is 7.89. The molecule has 1 aromatic heterocycles. The molecule has 0 aliphatic heterocycles. The average molecular weight is 427 g/mol. The quantitative estimate of drug-likeness (QED) is 0.688. The van der Waals surface area contributed by atoms with Gasteiger partial charge in [0, 0.05) is 30.9 Å². The van der Waals surface area contributed by atoms with Gasteiger partial charge >= 0.3 is 6.18 Å². The molecule has 0 N–H and O–H groups in total. The van der Waals surface area contributed by atoms with Crippen LogP contribution in [0.25, 0.3) is 0 Å². The minimum Gasteiger partial charge on any atom is -0.316 e. The third-order valence-electron chi connectivity index (χ3n) is 3.83. The van der Waals surface area contributed by atoms with Crippen molar-refractivity contribution in [2.45, 2.75) is 24.0 Å². The number of nitrogens with zero attached hydrogens (tertiary/aromatic N) is 2. The molecule has 0 fully saturated rings. The molecule has 0 bridgehead atoms. The van der Waals surface area contributed by atoms with Gasteiger partial charge in [0.15, 0.2) is 5.82 Å². The maximum Gasteiger partial charge on any atom is 0.409 e. The number of hydrogen-bond donors (Lipinski definition) is 0. The van der Waals surface area contributed by atoms with E-state index in [9.17, 15) is 30.8 Å². The van der Waals surface area contributed by atoms with Gasteiger partial charge in [0.25, 0.3) is 5.56 Å². The number of alkyl halides is 3. The molecular formula is C16H15ClF4N2O3S. The summed E-state index contributed by atoms with van der Waals surface area (Å²) in [6, 6.07) is 2.35. The standard InChI is InChI=1S/C16H15ClF4N2O3S/c1-3-23(15(16(19,20)21)10-4-6-11(17)7-5-10)27(25,26)13-8-14(24)22(2)9-12(13)18/h4-9,15H,3H2,1-2H3/t15-/m1/s1. The van der Waals surface area contributed by atoms with Crippen LogP contribution < -0.4 is 5.56 Å². The van der Waals surface area contributed by atoms with E-state index in [1.165, 1.54) is 26.1 Å². The molecule has 1 atom stereocenters. The van der Waals surface area contributed by atoms with Gasteiger partial charge in [-0.25, -0.2) is 12.8 Å². The second-order valence-electron chi connectivity index (χ2n) is 5.64. The normalized spacial score (nSPS) is 13.8. The summed E-state index contributed by atoms with van der Waals surface area (Å²) in [5, 5.41) is 0.170. The Hall–Kier alpha value is -1.91. The molecule has 1 aromatic carbocycles. The molecule has 0 aliphatic carbocycles. The topological polar surface area (TPSA) is 59.4 Å². The van der Waals surface area contributed by atoms with Crippen molar-refractivity contribution in [2.75, 3.05) is 6.54 Å². The highest BCUT2D eigenvalue weighted by Crippen LogP contribution is 2.40. The highest BCUT2D eigenvalue weighted by atomic mass is 35.5. The van der Waals surface area contributed by atoms with E-state index >= 15 is 0 Å². The first kappa shape index (κ1) is 21.4. The van der Waals surface area contributed by atoms with E-state index in [0.717, 1.165) is 16.7 Å². The van der Waals surface area contributed by atoms with Crippen molar-refractivity contribution < 1.29 is 26.0 Å². The van der Waals surface area contributed by atoms with Crippen LogP contribution in [0.1, 0.15) is 18.5 Å². The van der Waals surface area contributed by atoms with E-state index in [4.69, 9.17) is 11.6 Å². The van der Waals surface area contributed by atoms with E-state index in [2.05, 4.69) is 0 Å². The average Bonchev–Trinajstić information content (AvgIpc) is 2.55. The van der Waals surface area contributed by atoms with E-state index in [0.29, 0.717) is 12.3 Å². The van der Waals surface area contributed by atoms with Crippen molar-refractivity contribution in [1.82, 2.24) is 8.87 Å². The Balaban J connectivity index is 2.68. The van der Waals surface area contributed by atoms with Crippen LogP contribution in [0.5, 0.6) is 0 Å². The molecule has 0 unspecified atom stereocenters. The van der Waals surface area contributed by atoms with Crippen LogP contribution in [-0.4, -0.2) is 30.0 Å². The van der Waals surface area contributed by atoms with Crippen LogP contribution in [0.2, 0.25) is 5.02 Å². The Bertz CT molecular complexity index is 988. The third-order valence-corrected chi connectivity index (χ3v) is 6.03. The van der Waals surface area contributed by atoms with Crippen LogP contribution in [0.15, 0.2) is 46.2 Å². The lowest BCUT2D eigenvalue weighted by Crippen LogP contribution is -2.42. The van der Waals surface area contributed by atoms with Gasteiger partial charge in [-0.3, -0.25) is 4.79 Å². The second kappa shape index (κ2) is 7.61. The fourth-order valence-electron chi connectivity index (χ4n) is 2.56. The summed E-state index contributed by atoms with van der Waals surface area (Å²) in [5.74, 6) is -1.33. The summed E-state index contributed by atoms with van der Waals surface area (Å²) < 4.78 is 81.8. The Morgan fingerprint density at radius 1 is 1.22 bits per heavy atom. The molecular weight excluding hydrogens is 412 g/mol. The van der Waals surface area contributed by atoms with Crippen molar-refractivity contribution in [3.8, 4) is 0 Å². The molecule has 5 nitrogen and oxygen atoms in total. The van der Waals surface area contributed by atoms with Crippen LogP contribution in [0.3, 0.4) is 0 Å². The van der Waals surface area contributed by atoms with Crippen LogP contribution in [0, 0.1) is 5.82 Å². The summed E-state index contributed by atoms with van der Waals surface area (Å²) in [4.78, 5) is 10.6. The number of pyridine rings is 1. The fourth-order valence-corrected chi connectivity index (χ4v) is 4.35. The molecule has 0 saturated carbocycles. The SMILES string of the molecule is CCN([C@H](c1ccc(Cl)cc1)C(F)(F)F)S(=O)(=O)c1cc(=O)n(C)cc1F. The number of aryl methyl sites for hydroxylation is 1. The summed E-state index contributed by atoms with van der Waals surface area (Å²) in [6.45, 7) is 0.578. The van der Waals surface area contributed by atoms with Crippen molar-refractivity contribution in [1.29, 1.82) is 0 Å². The van der Waals surface area contributed by atoms with Crippen molar-refractivity contribution in [2.24, 2.45) is 7.05 Å². The zero-order valence-electron chi connectivity index (χ0n) is 14.2. The van der Waals surface area contributed by atoms with Gasteiger partial charge in [-0.05, 0) is 17.7 Å². The summed E-state index contributed by atoms with van der Waals surface area (Å²) in [7, 11) is -3.78. The summed E-state index contributed by atoms with van der Waals surface area (Å²) in [5.41, 5.74) is -1.26. The minimum absolute atomic E-state index is 0.105. The number of benzene rings is 1. The first-order chi connectivity index (χ1) is 12.4. The van der Waals surface area contributed by atoms with E-state index in [-0.39, 0.29) is 14.9 Å². The molecule has 148 valence electrons. The molecule has 0 radical (unpaired) electrons. The van der Waals surface area contributed by atoms with Crippen LogP contribution in [-0.2, 0) is 17.1 Å². The molecule has 2 rings (SSSR count). The van der Waals surface area contributed by atoms with Gasteiger partial charge in [-0.2, -0.15) is 17.5 Å². The molecule has 0 aliphatic rings. The minimum atomic E-state index is -4.99. The highest BCUT2D eigenvalue weighted by Gasteiger charge is 2.49. The predicted molar refractivity (Wildman–Crippen MR) is 91.5 cm³/mol. The molecule has 0 saturated heterocycles. The zero-order valence-corrected chi connectivity index (χ0v) is 15.7. The number of hydrogen-bond acceptors (Lipinski definition) is 3. The number of halogens is 5. The molecule has 2 aromatic rings. The Labute approximate surface area is 157 Å². The summed E-state index contributed by atoms with van der Waals surface area (Å²) >= 11 is 5.68. The smallest absolute Gasteiger partial charge is 0.316 e. The van der Waals surface area contributed by atoms with Crippen molar-refractivity contribution in [3.05, 3.63) is 63.3 Å². The van der Waals surface area contributed by atoms with E-state index in [1.54, 1.807) is 0 Å². The van der Waals surface area contributed by atoms with Gasteiger partial charge in [-0.1, -0.05) is 30.7 Å². The third kappa shape index (κ3) is 4.33. The number of rotatable bonds is 5. The number of aromatic nitrogens is 1. The predicted octanol–water partition coefficient (Wildman–Crippen LogP) is 3.49.